The van der Waals surface area contributed by atoms with Gasteiger partial charge in [-0.2, -0.15) is 6.92 Å². The number of esters is 2. The van der Waals surface area contributed by atoms with Gasteiger partial charge in [0.25, 0.3) is 0 Å². The molecule has 0 aromatic rings. The van der Waals surface area contributed by atoms with Crippen molar-refractivity contribution in [1.82, 2.24) is 20.0 Å². The Kier molecular flexibility index (Phi) is 35.7. The van der Waals surface area contributed by atoms with Crippen LogP contribution < -0.4 is 34.9 Å². The van der Waals surface area contributed by atoms with Crippen LogP contribution in [-0.4, -0.2) is 131 Å². The number of nitrogens with one attached hydrogen (secondary N) is 1. The fourth-order valence-electron chi connectivity index (χ4n) is 4.47. The van der Waals surface area contributed by atoms with Crippen molar-refractivity contribution in [3.05, 3.63) is 0 Å². The van der Waals surface area contributed by atoms with Gasteiger partial charge in [-0.25, -0.2) is 0 Å². The Morgan fingerprint density at radius 1 is 0.878 bits per heavy atom. The van der Waals surface area contributed by atoms with E-state index >= 15 is 0 Å². The van der Waals surface area contributed by atoms with Gasteiger partial charge in [0.2, 0.25) is 0 Å². The average molecular weight is 596 g/mol. The first kappa shape index (κ1) is 47.4. The second kappa shape index (κ2) is 30.9. The summed E-state index contributed by atoms with van der Waals surface area (Å²) in [5.41, 5.74) is 0. The van der Waals surface area contributed by atoms with E-state index in [-0.39, 0.29) is 35.0 Å². The molecule has 1 radical (unpaired) electrons. The van der Waals surface area contributed by atoms with Gasteiger partial charge >= 0.3 is 53.9 Å². The Hall–Kier alpha value is -0.565. The average Bonchev–Trinajstić information content (AvgIpc) is 2.86. The summed E-state index contributed by atoms with van der Waals surface area (Å²) in [6, 6.07) is 0. The van der Waals surface area contributed by atoms with Crippen LogP contribution in [0.4, 0.5) is 0 Å². The standard InChI is InChI=1S/C11H22N2.C7H15NO.C4H9N.C4H6O3.C2H3O.BO.Na.H2O/c1-10-7-13(8-10)9-11-3-5-12(2)6-4-11;1-8-4-2-7(6-9)3-5-8;1-4-2-5-3-4;1-3(5)7-4(2)6;1-2-3;1-2;;/h10-11H,3-9H2,1-2H3;7,9H,2-6H2,1H3;4-5H,2-3H2,1H3;1-2H3;1H3;;;1H2/q;;;;-1;;+1;. The molecule has 4 saturated heterocycles. The van der Waals surface area contributed by atoms with Crippen LogP contribution in [0.5, 0.6) is 0 Å². The molecule has 4 aliphatic heterocycles. The third kappa shape index (κ3) is 29.3. The largest absolute Gasteiger partial charge is 1.00 e. The summed E-state index contributed by atoms with van der Waals surface area (Å²) in [7, 11) is 7.62. The monoisotopic (exact) mass is 595 g/mol. The van der Waals surface area contributed by atoms with Gasteiger partial charge < -0.3 is 40.1 Å². The number of hydrogen-bond donors (Lipinski definition) is 2. The molecule has 11 nitrogen and oxygen atoms in total. The van der Waals surface area contributed by atoms with E-state index in [1.54, 1.807) is 0 Å². The molecule has 41 heavy (non-hydrogen) atoms. The minimum absolute atomic E-state index is 0. The van der Waals surface area contributed by atoms with Gasteiger partial charge in [0.1, 0.15) is 0 Å². The van der Waals surface area contributed by atoms with Gasteiger partial charge in [0.05, 0.1) is 0 Å². The molecule has 0 atom stereocenters. The van der Waals surface area contributed by atoms with E-state index in [1.165, 1.54) is 98.6 Å². The van der Waals surface area contributed by atoms with Crippen LogP contribution in [0, 0.1) is 23.7 Å². The number of piperidine rings is 2. The minimum atomic E-state index is -0.562. The summed E-state index contributed by atoms with van der Waals surface area (Å²) in [5, 5.41) is 11.9. The molecule has 235 valence electrons. The van der Waals surface area contributed by atoms with Crippen molar-refractivity contribution in [2.75, 3.05) is 79.6 Å². The predicted octanol–water partition coefficient (Wildman–Crippen LogP) is -2.28. The fraction of sp³-hybridized carbons (Fsp3) is 0.893. The molecular formula is C28H57BN4NaO7. The zero-order valence-corrected chi connectivity index (χ0v) is 29.1. The van der Waals surface area contributed by atoms with Gasteiger partial charge in [0.15, 0.2) is 0 Å². The third-order valence-electron chi connectivity index (χ3n) is 6.86. The fourth-order valence-corrected chi connectivity index (χ4v) is 4.47. The molecule has 4 N–H and O–H groups in total. The van der Waals surface area contributed by atoms with Crippen LogP contribution in [0.2, 0.25) is 0 Å². The Labute approximate surface area is 272 Å². The van der Waals surface area contributed by atoms with E-state index < -0.39 is 11.9 Å². The first-order chi connectivity index (χ1) is 18.5. The van der Waals surface area contributed by atoms with E-state index in [0.29, 0.717) is 12.5 Å². The number of aliphatic hydroxyl groups is 1. The van der Waals surface area contributed by atoms with Crippen molar-refractivity contribution in [3.8, 4) is 0 Å². The molecule has 4 heterocycles. The quantitative estimate of drug-likeness (QED) is 0.158. The maximum Gasteiger partial charge on any atom is 1.00 e. The Morgan fingerprint density at radius 2 is 1.22 bits per heavy atom. The molecule has 0 spiro atoms. The molecule has 0 aromatic heterocycles. The van der Waals surface area contributed by atoms with Crippen LogP contribution >= 0.6 is 0 Å². The zero-order valence-electron chi connectivity index (χ0n) is 27.1. The van der Waals surface area contributed by atoms with Crippen molar-refractivity contribution in [1.29, 1.82) is 0 Å². The number of aliphatic hydroxyl groups excluding tert-OH is 1. The molecule has 13 heteroatoms. The molecule has 4 rings (SSSR count). The number of carbonyl (C=O) groups excluding carboxylic acids is 3. The SMILES string of the molecule is CC(=O)OC(C)=O.CC1CN(CC2CCN(C)CC2)C1.CC1CNC1.CN1CCC(CO)CC1.C[C-]=O.O.[B]=O.[Na+]. The summed E-state index contributed by atoms with van der Waals surface area (Å²) in [5.74, 6) is 2.37. The van der Waals surface area contributed by atoms with Gasteiger partial charge in [0, 0.05) is 40.1 Å². The molecule has 4 fully saturated rings. The molecule has 0 bridgehead atoms. The van der Waals surface area contributed by atoms with Crippen LogP contribution in [0.25, 0.3) is 0 Å². The Bertz CT molecular complexity index is 617. The van der Waals surface area contributed by atoms with E-state index in [4.69, 9.17) is 14.6 Å². The molecule has 0 aromatic carbocycles. The number of nitrogens with zero attached hydrogens (tertiary/aromatic N) is 3. The number of rotatable bonds is 3. The number of hydrogen-bond acceptors (Lipinski definition) is 10. The van der Waals surface area contributed by atoms with Crippen molar-refractivity contribution in [2.24, 2.45) is 23.7 Å². The van der Waals surface area contributed by atoms with Crippen LogP contribution in [-0.2, 0) is 23.8 Å². The Morgan fingerprint density at radius 3 is 1.44 bits per heavy atom. The van der Waals surface area contributed by atoms with Crippen LogP contribution in [0.1, 0.15) is 60.3 Å². The summed E-state index contributed by atoms with van der Waals surface area (Å²) in [4.78, 5) is 35.7. The van der Waals surface area contributed by atoms with Crippen molar-refractivity contribution >= 4 is 25.9 Å². The second-order valence-electron chi connectivity index (χ2n) is 11.1. The maximum absolute atomic E-state index is 9.81. The van der Waals surface area contributed by atoms with E-state index in [1.807, 2.05) is 0 Å². The molecule has 0 saturated carbocycles. The van der Waals surface area contributed by atoms with Gasteiger partial charge in [-0.15, -0.1) is 0 Å². The minimum Gasteiger partial charge on any atom is 1.00 e. The van der Waals surface area contributed by atoms with Crippen molar-refractivity contribution in [2.45, 2.75) is 60.3 Å². The summed E-state index contributed by atoms with van der Waals surface area (Å²) in [6.07, 6.45) is 6.68. The van der Waals surface area contributed by atoms with Gasteiger partial charge in [-0.1, -0.05) is 13.8 Å². The molecule has 0 amide bonds. The topological polar surface area (TPSA) is 151 Å². The van der Waals surface area contributed by atoms with Crippen LogP contribution in [0.3, 0.4) is 0 Å². The molecular weight excluding hydrogens is 538 g/mol. The zero-order chi connectivity index (χ0) is 30.2. The summed E-state index contributed by atoms with van der Waals surface area (Å²) >= 11 is 0. The van der Waals surface area contributed by atoms with Crippen LogP contribution in [0.15, 0.2) is 0 Å². The second-order valence-corrected chi connectivity index (χ2v) is 11.1. The van der Waals surface area contributed by atoms with Gasteiger partial charge in [-0.3, -0.25) is 15.9 Å². The smallest absolute Gasteiger partial charge is 1.00 e. The number of carbonyl (C=O) groups is 2. The van der Waals surface area contributed by atoms with Crippen molar-refractivity contribution < 1.29 is 64.0 Å². The molecule has 0 aliphatic carbocycles. The maximum atomic E-state index is 9.81. The predicted molar refractivity (Wildman–Crippen MR) is 159 cm³/mol. The Balaban J connectivity index is -0.000000217. The number of likely N-dealkylation sites (tertiary alicyclic amines) is 3. The van der Waals surface area contributed by atoms with Crippen molar-refractivity contribution in [3.63, 3.8) is 0 Å². The summed E-state index contributed by atoms with van der Waals surface area (Å²) < 4.78 is 11.7. The third-order valence-corrected chi connectivity index (χ3v) is 6.86. The first-order valence-electron chi connectivity index (χ1n) is 14.1. The molecule has 4 aliphatic rings. The van der Waals surface area contributed by atoms with E-state index in [9.17, 15) is 9.59 Å². The number of ether oxygens (including phenoxy) is 1. The van der Waals surface area contributed by atoms with Gasteiger partial charge in [-0.05, 0) is 103 Å². The first-order valence-corrected chi connectivity index (χ1v) is 14.1. The summed E-state index contributed by atoms with van der Waals surface area (Å²) in [6.45, 7) is 20.2. The molecule has 0 unspecified atom stereocenters. The van der Waals surface area contributed by atoms with E-state index in [2.05, 4.69) is 60.4 Å². The van der Waals surface area contributed by atoms with E-state index in [0.717, 1.165) is 30.8 Å². The normalized spacial score (nSPS) is 19.5.